The van der Waals surface area contributed by atoms with Gasteiger partial charge in [-0.15, -0.1) is 16.7 Å². The molecule has 0 aromatic heterocycles. The van der Waals surface area contributed by atoms with Crippen LogP contribution in [-0.2, 0) is 6.42 Å². The molecule has 3 atom stereocenters. The van der Waals surface area contributed by atoms with Crippen LogP contribution in [0.15, 0.2) is 47.6 Å². The lowest BCUT2D eigenvalue weighted by atomic mass is 10.0. The summed E-state index contributed by atoms with van der Waals surface area (Å²) in [6, 6.07) is 13.3. The van der Waals surface area contributed by atoms with Gasteiger partial charge in [-0.2, -0.15) is 0 Å². The average molecular weight is 373 g/mol. The van der Waals surface area contributed by atoms with Crippen LogP contribution in [0.2, 0.25) is 0 Å². The Kier molecular flexibility index (Phi) is 6.29. The molecule has 5 nitrogen and oxygen atoms in total. The van der Waals surface area contributed by atoms with E-state index in [2.05, 4.69) is 11.2 Å². The molecule has 26 heavy (non-hydrogen) atoms. The Morgan fingerprint density at radius 1 is 1.19 bits per heavy atom. The fourth-order valence-electron chi connectivity index (χ4n) is 3.14. The molecule has 3 rings (SSSR count). The van der Waals surface area contributed by atoms with Crippen molar-refractivity contribution in [3.05, 3.63) is 64.1 Å². The van der Waals surface area contributed by atoms with Crippen molar-refractivity contribution in [2.45, 2.75) is 43.0 Å². The van der Waals surface area contributed by atoms with Crippen LogP contribution in [0.4, 0.5) is 5.69 Å². The molecule has 0 amide bonds. The quantitative estimate of drug-likeness (QED) is 0.750. The van der Waals surface area contributed by atoms with E-state index >= 15 is 0 Å². The predicted molar refractivity (Wildman–Crippen MR) is 104 cm³/mol. The Bertz CT molecular complexity index is 750. The Hall–Kier alpha value is -1.89. The summed E-state index contributed by atoms with van der Waals surface area (Å²) in [5, 5.41) is 22.4. The Labute approximate surface area is 157 Å². The first kappa shape index (κ1) is 18.9. The molecular formula is C20H23NO4S. The maximum Gasteiger partial charge on any atom is 0.147 e. The summed E-state index contributed by atoms with van der Waals surface area (Å²) in [7, 11) is 0. The topological polar surface area (TPSA) is 79.1 Å². The van der Waals surface area contributed by atoms with Crippen LogP contribution >= 0.6 is 11.8 Å². The maximum absolute atomic E-state index is 10.6. The highest BCUT2D eigenvalue weighted by molar-refractivity contribution is 8.00. The molecule has 1 aliphatic heterocycles. The fraction of sp³-hybridized carbons (Fsp3) is 0.400. The van der Waals surface area contributed by atoms with E-state index in [9.17, 15) is 15.1 Å². The van der Waals surface area contributed by atoms with E-state index in [0.29, 0.717) is 24.9 Å². The summed E-state index contributed by atoms with van der Waals surface area (Å²) in [4.78, 5) is 10.6. The summed E-state index contributed by atoms with van der Waals surface area (Å²) in [6.45, 7) is 2.08. The molecule has 2 aromatic carbocycles. The zero-order valence-corrected chi connectivity index (χ0v) is 15.5. The average Bonchev–Trinajstić information content (AvgIpc) is 2.64. The number of nitroso groups, excluding NO2 is 1. The lowest BCUT2D eigenvalue weighted by molar-refractivity contribution is 0.104. The van der Waals surface area contributed by atoms with Gasteiger partial charge in [0, 0.05) is 18.1 Å². The molecule has 0 radical (unpaired) electrons. The van der Waals surface area contributed by atoms with Crippen molar-refractivity contribution in [2.75, 3.05) is 6.61 Å². The van der Waals surface area contributed by atoms with Crippen molar-refractivity contribution in [1.82, 2.24) is 0 Å². The van der Waals surface area contributed by atoms with E-state index in [0.717, 1.165) is 22.4 Å². The van der Waals surface area contributed by atoms with Crippen LogP contribution in [0.25, 0.3) is 0 Å². The zero-order chi connectivity index (χ0) is 18.5. The fourth-order valence-corrected chi connectivity index (χ4v) is 4.48. The van der Waals surface area contributed by atoms with E-state index in [-0.39, 0.29) is 17.3 Å². The number of aliphatic hydroxyl groups is 2. The summed E-state index contributed by atoms with van der Waals surface area (Å²) in [5.74, 6) is 0.788. The maximum atomic E-state index is 10.6. The number of aliphatic hydroxyl groups excluding tert-OH is 2. The van der Waals surface area contributed by atoms with Gasteiger partial charge in [0.25, 0.3) is 0 Å². The van der Waals surface area contributed by atoms with Gasteiger partial charge in [-0.05, 0) is 47.8 Å². The van der Waals surface area contributed by atoms with E-state index in [4.69, 9.17) is 4.74 Å². The first-order valence-corrected chi connectivity index (χ1v) is 9.64. The van der Waals surface area contributed by atoms with Gasteiger partial charge in [0.1, 0.15) is 16.9 Å². The molecule has 0 bridgehead atoms. The number of thioether (sulfide) groups is 1. The highest BCUT2D eigenvalue weighted by Gasteiger charge is 2.29. The lowest BCUT2D eigenvalue weighted by Crippen LogP contribution is -2.33. The van der Waals surface area contributed by atoms with Crippen LogP contribution in [0.1, 0.15) is 29.5 Å². The molecule has 1 fully saturated rings. The molecule has 0 spiro atoms. The first-order valence-electron chi connectivity index (χ1n) is 8.70. The van der Waals surface area contributed by atoms with Crippen molar-refractivity contribution in [3.63, 3.8) is 0 Å². The highest BCUT2D eigenvalue weighted by Crippen LogP contribution is 2.35. The van der Waals surface area contributed by atoms with Crippen LogP contribution in [-0.4, -0.2) is 33.6 Å². The molecule has 1 heterocycles. The highest BCUT2D eigenvalue weighted by atomic mass is 32.2. The summed E-state index contributed by atoms with van der Waals surface area (Å²) in [5.41, 5.74) is 3.50. The van der Waals surface area contributed by atoms with Crippen molar-refractivity contribution >= 4 is 17.4 Å². The predicted octanol–water partition coefficient (Wildman–Crippen LogP) is 3.94. The largest absolute Gasteiger partial charge is 0.479 e. The third-order valence-electron chi connectivity index (χ3n) is 4.46. The number of hydrogen-bond acceptors (Lipinski definition) is 6. The van der Waals surface area contributed by atoms with E-state index in [1.807, 2.05) is 31.2 Å². The molecule has 1 saturated heterocycles. The van der Waals surface area contributed by atoms with Gasteiger partial charge in [-0.3, -0.25) is 0 Å². The molecule has 3 unspecified atom stereocenters. The Balaban J connectivity index is 1.77. The van der Waals surface area contributed by atoms with Gasteiger partial charge in [-0.25, -0.2) is 0 Å². The molecule has 6 heteroatoms. The second-order valence-corrected chi connectivity index (χ2v) is 8.12. The van der Waals surface area contributed by atoms with Gasteiger partial charge in [0.2, 0.25) is 0 Å². The molecule has 2 N–H and O–H groups in total. The molecular weight excluding hydrogens is 350 g/mol. The summed E-state index contributed by atoms with van der Waals surface area (Å²) in [6.07, 6.45) is 1.38. The number of nitrogens with zero attached hydrogens (tertiary/aromatic N) is 1. The SMILES string of the molecule is Cc1ccc(OC2CC(O)CC(CO)S2)c(Cc2ccc(N=O)cc2)c1. The van der Waals surface area contributed by atoms with Gasteiger partial charge in [0.05, 0.1) is 12.7 Å². The minimum atomic E-state index is -0.448. The molecule has 0 saturated carbocycles. The van der Waals surface area contributed by atoms with Gasteiger partial charge in [-0.1, -0.05) is 29.8 Å². The van der Waals surface area contributed by atoms with Crippen LogP contribution in [0, 0.1) is 11.8 Å². The first-order chi connectivity index (χ1) is 12.6. The van der Waals surface area contributed by atoms with Crippen LogP contribution in [0.3, 0.4) is 0 Å². The minimum Gasteiger partial charge on any atom is -0.479 e. The van der Waals surface area contributed by atoms with Crippen LogP contribution < -0.4 is 4.74 Å². The lowest BCUT2D eigenvalue weighted by Gasteiger charge is -2.31. The molecule has 0 aliphatic carbocycles. The van der Waals surface area contributed by atoms with Gasteiger partial charge < -0.3 is 14.9 Å². The second-order valence-electron chi connectivity index (χ2n) is 6.66. The Morgan fingerprint density at radius 3 is 2.65 bits per heavy atom. The number of aryl methyl sites for hydroxylation is 1. The third kappa shape index (κ3) is 4.84. The third-order valence-corrected chi connectivity index (χ3v) is 5.78. The molecule has 138 valence electrons. The van der Waals surface area contributed by atoms with Crippen molar-refractivity contribution < 1.29 is 14.9 Å². The van der Waals surface area contributed by atoms with Crippen molar-refractivity contribution in [2.24, 2.45) is 5.18 Å². The number of hydrogen-bond donors (Lipinski definition) is 2. The van der Waals surface area contributed by atoms with E-state index in [1.165, 1.54) is 0 Å². The summed E-state index contributed by atoms with van der Waals surface area (Å²) >= 11 is 1.57. The monoisotopic (exact) mass is 373 g/mol. The van der Waals surface area contributed by atoms with Crippen LogP contribution in [0.5, 0.6) is 5.75 Å². The smallest absolute Gasteiger partial charge is 0.147 e. The van der Waals surface area contributed by atoms with Crippen molar-refractivity contribution in [3.8, 4) is 5.75 Å². The molecule has 1 aliphatic rings. The van der Waals surface area contributed by atoms with Gasteiger partial charge in [0.15, 0.2) is 0 Å². The Morgan fingerprint density at radius 2 is 1.96 bits per heavy atom. The van der Waals surface area contributed by atoms with E-state index < -0.39 is 6.10 Å². The summed E-state index contributed by atoms with van der Waals surface area (Å²) < 4.78 is 6.18. The van der Waals surface area contributed by atoms with Gasteiger partial charge >= 0.3 is 0 Å². The minimum absolute atomic E-state index is 0.000957. The number of ether oxygens (including phenoxy) is 1. The van der Waals surface area contributed by atoms with Crippen molar-refractivity contribution in [1.29, 1.82) is 0 Å². The number of rotatable bonds is 6. The second kappa shape index (κ2) is 8.66. The zero-order valence-electron chi connectivity index (χ0n) is 14.7. The standard InChI is InChI=1S/C20H23NO4S/c1-13-2-7-19(25-20-11-17(23)10-18(12-22)26-20)15(8-13)9-14-3-5-16(21-24)6-4-14/h2-8,17-18,20,22-23H,9-12H2,1H3. The molecule has 2 aromatic rings. The normalized spacial score (nSPS) is 22.8. The van der Waals surface area contributed by atoms with E-state index in [1.54, 1.807) is 23.9 Å². The number of benzene rings is 2.